The van der Waals surface area contributed by atoms with E-state index >= 15 is 0 Å². The van der Waals surface area contributed by atoms with Gasteiger partial charge in [0.25, 0.3) is 5.91 Å². The number of carbonyl (C=O) groups excluding carboxylic acids is 1. The van der Waals surface area contributed by atoms with Crippen molar-refractivity contribution in [2.45, 2.75) is 6.92 Å². The summed E-state index contributed by atoms with van der Waals surface area (Å²) in [6.07, 6.45) is 3.69. The molecule has 0 bridgehead atoms. The molecule has 0 aromatic carbocycles. The van der Waals surface area contributed by atoms with E-state index in [1.807, 2.05) is 36.7 Å². The van der Waals surface area contributed by atoms with Gasteiger partial charge in [0, 0.05) is 32.5 Å². The minimum absolute atomic E-state index is 0.0494. The summed E-state index contributed by atoms with van der Waals surface area (Å²) in [6.45, 7) is 3.45. The van der Waals surface area contributed by atoms with Gasteiger partial charge in [-0.2, -0.15) is 0 Å². The van der Waals surface area contributed by atoms with Gasteiger partial charge in [-0.1, -0.05) is 0 Å². The molecule has 0 aliphatic rings. The molecule has 96 valence electrons. The summed E-state index contributed by atoms with van der Waals surface area (Å²) in [5.74, 6) is -0.0494. The number of fused-ring (bicyclic) bond motifs is 1. The summed E-state index contributed by atoms with van der Waals surface area (Å²) < 4.78 is 1.87. The van der Waals surface area contributed by atoms with Crippen molar-refractivity contribution in [3.8, 4) is 0 Å². The predicted octanol–water partition coefficient (Wildman–Crippen LogP) is 0.934. The Morgan fingerprint density at radius 1 is 1.56 bits per heavy atom. The van der Waals surface area contributed by atoms with E-state index in [4.69, 9.17) is 0 Å². The molecule has 5 heteroatoms. The van der Waals surface area contributed by atoms with Gasteiger partial charge in [0.1, 0.15) is 11.3 Å². The highest BCUT2D eigenvalue weighted by Crippen LogP contribution is 2.09. The SMILES string of the molecule is CNCCN(C)C(=O)c1cn2ccc(C)cc2n1. The Hall–Kier alpha value is -1.88. The van der Waals surface area contributed by atoms with Crippen molar-refractivity contribution in [3.63, 3.8) is 0 Å². The van der Waals surface area contributed by atoms with Crippen molar-refractivity contribution in [2.24, 2.45) is 0 Å². The predicted molar refractivity (Wildman–Crippen MR) is 70.8 cm³/mol. The molecule has 0 saturated heterocycles. The summed E-state index contributed by atoms with van der Waals surface area (Å²) >= 11 is 0. The molecule has 0 unspecified atom stereocenters. The Kier molecular flexibility index (Phi) is 3.62. The number of rotatable bonds is 4. The molecule has 2 heterocycles. The van der Waals surface area contributed by atoms with Crippen LogP contribution in [0.5, 0.6) is 0 Å². The molecule has 0 spiro atoms. The molecule has 2 rings (SSSR count). The highest BCUT2D eigenvalue weighted by atomic mass is 16.2. The maximum Gasteiger partial charge on any atom is 0.273 e. The van der Waals surface area contributed by atoms with Crippen molar-refractivity contribution < 1.29 is 4.79 Å². The van der Waals surface area contributed by atoms with Crippen LogP contribution in [0, 0.1) is 6.92 Å². The third-order valence-corrected chi connectivity index (χ3v) is 2.88. The molecule has 2 aromatic rings. The lowest BCUT2D eigenvalue weighted by Gasteiger charge is -2.14. The van der Waals surface area contributed by atoms with Gasteiger partial charge in [-0.15, -0.1) is 0 Å². The van der Waals surface area contributed by atoms with Crippen LogP contribution in [-0.4, -0.2) is 47.4 Å². The molecular weight excluding hydrogens is 228 g/mol. The first-order valence-corrected chi connectivity index (χ1v) is 5.97. The zero-order valence-electron chi connectivity index (χ0n) is 11.0. The Labute approximate surface area is 106 Å². The lowest BCUT2D eigenvalue weighted by atomic mass is 10.3. The Balaban J connectivity index is 2.22. The van der Waals surface area contributed by atoms with Crippen molar-refractivity contribution in [3.05, 3.63) is 35.8 Å². The highest BCUT2D eigenvalue weighted by molar-refractivity contribution is 5.92. The zero-order valence-corrected chi connectivity index (χ0v) is 11.0. The van der Waals surface area contributed by atoms with Crippen LogP contribution in [0.25, 0.3) is 5.65 Å². The first-order valence-electron chi connectivity index (χ1n) is 5.97. The number of hydrogen-bond acceptors (Lipinski definition) is 3. The van der Waals surface area contributed by atoms with Crippen molar-refractivity contribution >= 4 is 11.6 Å². The van der Waals surface area contributed by atoms with Crippen LogP contribution >= 0.6 is 0 Å². The molecule has 5 nitrogen and oxygen atoms in total. The lowest BCUT2D eigenvalue weighted by Crippen LogP contribution is -2.32. The normalized spacial score (nSPS) is 10.8. The standard InChI is InChI=1S/C13H18N4O/c1-10-4-6-17-9-11(15-12(17)8-10)13(18)16(3)7-5-14-2/h4,6,8-9,14H,5,7H2,1-3H3. The van der Waals surface area contributed by atoms with Gasteiger partial charge in [0.15, 0.2) is 0 Å². The van der Waals surface area contributed by atoms with Crippen LogP contribution < -0.4 is 5.32 Å². The average Bonchev–Trinajstić information content (AvgIpc) is 2.77. The fourth-order valence-corrected chi connectivity index (χ4v) is 1.76. The van der Waals surface area contributed by atoms with Gasteiger partial charge in [-0.25, -0.2) is 4.98 Å². The number of amides is 1. The summed E-state index contributed by atoms with van der Waals surface area (Å²) in [7, 11) is 3.65. The molecule has 18 heavy (non-hydrogen) atoms. The van der Waals surface area contributed by atoms with E-state index < -0.39 is 0 Å². The van der Waals surface area contributed by atoms with Gasteiger partial charge >= 0.3 is 0 Å². The molecule has 2 aromatic heterocycles. The van der Waals surface area contributed by atoms with Crippen LogP contribution in [0.2, 0.25) is 0 Å². The maximum absolute atomic E-state index is 12.1. The molecule has 0 fully saturated rings. The Morgan fingerprint density at radius 3 is 3.06 bits per heavy atom. The minimum Gasteiger partial charge on any atom is -0.339 e. The molecule has 0 atom stereocenters. The third-order valence-electron chi connectivity index (χ3n) is 2.88. The fourth-order valence-electron chi connectivity index (χ4n) is 1.76. The lowest BCUT2D eigenvalue weighted by molar-refractivity contribution is 0.0792. The molecule has 0 radical (unpaired) electrons. The second-order valence-corrected chi connectivity index (χ2v) is 4.43. The molecule has 1 amide bonds. The first-order chi connectivity index (χ1) is 8.61. The van der Waals surface area contributed by atoms with Crippen molar-refractivity contribution in [1.82, 2.24) is 19.6 Å². The van der Waals surface area contributed by atoms with Crippen LogP contribution in [0.1, 0.15) is 16.1 Å². The van der Waals surface area contributed by atoms with E-state index in [0.29, 0.717) is 12.2 Å². The number of carbonyl (C=O) groups is 1. The minimum atomic E-state index is -0.0494. The first kappa shape index (κ1) is 12.6. The monoisotopic (exact) mass is 246 g/mol. The maximum atomic E-state index is 12.1. The third kappa shape index (κ3) is 2.51. The summed E-state index contributed by atoms with van der Waals surface area (Å²) in [5, 5.41) is 3.02. The second-order valence-electron chi connectivity index (χ2n) is 4.43. The number of nitrogens with zero attached hydrogens (tertiary/aromatic N) is 3. The van der Waals surface area contributed by atoms with Crippen LogP contribution in [0.3, 0.4) is 0 Å². The topological polar surface area (TPSA) is 49.6 Å². The van der Waals surface area contributed by atoms with Crippen LogP contribution in [0.15, 0.2) is 24.5 Å². The van der Waals surface area contributed by atoms with E-state index in [1.165, 1.54) is 0 Å². The molecular formula is C13H18N4O. The number of pyridine rings is 1. The number of imidazole rings is 1. The number of hydrogen-bond donors (Lipinski definition) is 1. The van der Waals surface area contributed by atoms with Gasteiger partial charge in [-0.3, -0.25) is 4.79 Å². The van der Waals surface area contributed by atoms with Crippen molar-refractivity contribution in [1.29, 1.82) is 0 Å². The largest absolute Gasteiger partial charge is 0.339 e. The van der Waals surface area contributed by atoms with Crippen molar-refractivity contribution in [2.75, 3.05) is 27.2 Å². The van der Waals surface area contributed by atoms with E-state index in [0.717, 1.165) is 17.8 Å². The zero-order chi connectivity index (χ0) is 13.1. The molecule has 0 aliphatic heterocycles. The van der Waals surface area contributed by atoms with E-state index in [-0.39, 0.29) is 5.91 Å². The molecule has 0 aliphatic carbocycles. The van der Waals surface area contributed by atoms with Gasteiger partial charge in [0.2, 0.25) is 0 Å². The van der Waals surface area contributed by atoms with E-state index in [2.05, 4.69) is 10.3 Å². The second kappa shape index (κ2) is 5.18. The van der Waals surface area contributed by atoms with Crippen LogP contribution in [0.4, 0.5) is 0 Å². The number of likely N-dealkylation sites (N-methyl/N-ethyl adjacent to an activating group) is 2. The highest BCUT2D eigenvalue weighted by Gasteiger charge is 2.14. The quantitative estimate of drug-likeness (QED) is 0.873. The van der Waals surface area contributed by atoms with Gasteiger partial charge in [-0.05, 0) is 31.7 Å². The van der Waals surface area contributed by atoms with Gasteiger partial charge in [0.05, 0.1) is 0 Å². The smallest absolute Gasteiger partial charge is 0.273 e. The van der Waals surface area contributed by atoms with E-state index in [9.17, 15) is 4.79 Å². The number of aryl methyl sites for hydroxylation is 1. The van der Waals surface area contributed by atoms with Gasteiger partial charge < -0.3 is 14.6 Å². The fraction of sp³-hybridized carbons (Fsp3) is 0.385. The summed E-state index contributed by atoms with van der Waals surface area (Å²) in [4.78, 5) is 18.2. The average molecular weight is 246 g/mol. The van der Waals surface area contributed by atoms with E-state index in [1.54, 1.807) is 18.1 Å². The molecule has 1 N–H and O–H groups in total. The Morgan fingerprint density at radius 2 is 2.33 bits per heavy atom. The summed E-state index contributed by atoms with van der Waals surface area (Å²) in [6, 6.07) is 3.96. The van der Waals surface area contributed by atoms with Crippen LogP contribution in [-0.2, 0) is 0 Å². The number of nitrogens with one attached hydrogen (secondary N) is 1. The number of aromatic nitrogens is 2. The Bertz CT molecular complexity index is 561. The summed E-state index contributed by atoms with van der Waals surface area (Å²) in [5.41, 5.74) is 2.43. The molecule has 0 saturated carbocycles.